The first-order valence-electron chi connectivity index (χ1n) is 9.07. The molecule has 0 spiro atoms. The van der Waals surface area contributed by atoms with Crippen molar-refractivity contribution in [3.63, 3.8) is 0 Å². The number of carbonyl (C=O) groups is 1. The number of likely N-dealkylation sites (tertiary alicyclic amines) is 1. The average molecular weight is 383 g/mol. The van der Waals surface area contributed by atoms with Gasteiger partial charge in [0, 0.05) is 31.9 Å². The Hall–Kier alpha value is -2.74. The van der Waals surface area contributed by atoms with E-state index in [9.17, 15) is 9.59 Å². The summed E-state index contributed by atoms with van der Waals surface area (Å²) in [6.07, 6.45) is 6.43. The van der Waals surface area contributed by atoms with Crippen LogP contribution in [0.15, 0.2) is 46.8 Å². The fourth-order valence-corrected chi connectivity index (χ4v) is 4.27. The zero-order valence-electron chi connectivity index (χ0n) is 14.9. The number of aromatic nitrogens is 4. The Kier molecular flexibility index (Phi) is 5.15. The van der Waals surface area contributed by atoms with Crippen LogP contribution in [0.1, 0.15) is 24.2 Å². The lowest BCUT2D eigenvalue weighted by molar-refractivity contribution is -0.131. The van der Waals surface area contributed by atoms with Gasteiger partial charge in [-0.3, -0.25) is 9.78 Å². The lowest BCUT2D eigenvalue weighted by atomic mass is 9.93. The predicted molar refractivity (Wildman–Crippen MR) is 103 cm³/mol. The molecular formula is C19H21N5O2S. The number of carbonyl (C=O) groups excluding carboxylic acids is 1. The number of pyridine rings is 1. The molecule has 1 fully saturated rings. The van der Waals surface area contributed by atoms with E-state index in [1.165, 1.54) is 11.3 Å². The van der Waals surface area contributed by atoms with Crippen LogP contribution < -0.4 is 5.69 Å². The van der Waals surface area contributed by atoms with Crippen LogP contribution >= 0.6 is 11.3 Å². The Balaban J connectivity index is 1.35. The largest absolute Gasteiger partial charge is 0.348 e. The Bertz CT molecular complexity index is 940. The van der Waals surface area contributed by atoms with Crippen LogP contribution in [0, 0.1) is 5.92 Å². The first kappa shape index (κ1) is 17.7. The molecule has 0 bridgehead atoms. The zero-order valence-corrected chi connectivity index (χ0v) is 15.7. The van der Waals surface area contributed by atoms with Crippen LogP contribution in [-0.4, -0.2) is 43.6 Å². The molecule has 1 amide bonds. The van der Waals surface area contributed by atoms with Crippen molar-refractivity contribution >= 4 is 17.2 Å². The number of amides is 1. The Morgan fingerprint density at radius 1 is 1.26 bits per heavy atom. The van der Waals surface area contributed by atoms with E-state index in [0.29, 0.717) is 12.3 Å². The second-order valence-corrected chi connectivity index (χ2v) is 7.72. The molecule has 3 aromatic heterocycles. The van der Waals surface area contributed by atoms with E-state index in [2.05, 4.69) is 15.2 Å². The van der Waals surface area contributed by atoms with E-state index in [-0.39, 0.29) is 11.6 Å². The molecule has 0 unspecified atom stereocenters. The normalized spacial score (nSPS) is 15.2. The summed E-state index contributed by atoms with van der Waals surface area (Å²) in [6, 6.07) is 7.63. The van der Waals surface area contributed by atoms with Crippen molar-refractivity contribution in [3.8, 4) is 5.00 Å². The topological polar surface area (TPSA) is 83.9 Å². The summed E-state index contributed by atoms with van der Waals surface area (Å²) in [6.45, 7) is 1.49. The maximum Gasteiger partial charge on any atom is 0.348 e. The highest BCUT2D eigenvalue weighted by Gasteiger charge is 2.25. The summed E-state index contributed by atoms with van der Waals surface area (Å²) in [5, 5.41) is 9.62. The molecule has 7 nitrogen and oxygen atoms in total. The number of hydrogen-bond donors (Lipinski definition) is 1. The van der Waals surface area contributed by atoms with Gasteiger partial charge in [-0.15, -0.1) is 11.3 Å². The van der Waals surface area contributed by atoms with E-state index in [4.69, 9.17) is 0 Å². The van der Waals surface area contributed by atoms with Crippen molar-refractivity contribution in [1.29, 1.82) is 0 Å². The quantitative estimate of drug-likeness (QED) is 0.731. The number of H-pyrrole nitrogens is 1. The van der Waals surface area contributed by atoms with Gasteiger partial charge in [0.05, 0.1) is 6.42 Å². The van der Waals surface area contributed by atoms with Gasteiger partial charge in [-0.1, -0.05) is 6.07 Å². The van der Waals surface area contributed by atoms with Gasteiger partial charge in [-0.05, 0) is 47.9 Å². The summed E-state index contributed by atoms with van der Waals surface area (Å²) < 4.78 is 1.66. The van der Waals surface area contributed by atoms with E-state index < -0.39 is 0 Å². The fraction of sp³-hybridized carbons (Fsp3) is 0.368. The van der Waals surface area contributed by atoms with E-state index >= 15 is 0 Å². The third kappa shape index (κ3) is 4.00. The monoisotopic (exact) mass is 383 g/mol. The summed E-state index contributed by atoms with van der Waals surface area (Å²) in [5.74, 6) is 1.33. The van der Waals surface area contributed by atoms with Crippen molar-refractivity contribution in [2.45, 2.75) is 25.7 Å². The van der Waals surface area contributed by atoms with Gasteiger partial charge in [0.1, 0.15) is 10.8 Å². The van der Waals surface area contributed by atoms with Crippen LogP contribution in [0.4, 0.5) is 0 Å². The molecule has 3 aromatic rings. The minimum Gasteiger partial charge on any atom is -0.342 e. The standard InChI is InChI=1S/C19H21N5O2S/c25-17(12-15-3-1-7-20-13-15)23-8-5-14(6-9-23)11-16-21-22-19(26)24(16)18-4-2-10-27-18/h1-4,7,10,13-14H,5-6,8-9,11-12H2,(H,22,26). The van der Waals surface area contributed by atoms with Crippen molar-refractivity contribution in [2.24, 2.45) is 5.92 Å². The molecule has 1 aliphatic heterocycles. The third-order valence-corrected chi connectivity index (χ3v) is 5.84. The number of aromatic amines is 1. The molecule has 140 valence electrons. The SMILES string of the molecule is O=C(Cc1cccnc1)N1CCC(Cc2n[nH]c(=O)n2-c2cccs2)CC1. The molecule has 1 aliphatic rings. The third-order valence-electron chi connectivity index (χ3n) is 4.98. The van der Waals surface area contributed by atoms with E-state index in [1.54, 1.807) is 17.0 Å². The molecule has 1 saturated heterocycles. The van der Waals surface area contributed by atoms with Crippen LogP contribution in [0.5, 0.6) is 0 Å². The number of rotatable bonds is 5. The molecule has 4 rings (SSSR count). The number of piperidine rings is 1. The Morgan fingerprint density at radius 3 is 2.81 bits per heavy atom. The minimum absolute atomic E-state index is 0.150. The summed E-state index contributed by atoms with van der Waals surface area (Å²) in [4.78, 5) is 30.6. The van der Waals surface area contributed by atoms with E-state index in [1.807, 2.05) is 34.5 Å². The van der Waals surface area contributed by atoms with Crippen LogP contribution in [0.3, 0.4) is 0 Å². The fourth-order valence-electron chi connectivity index (χ4n) is 3.52. The highest BCUT2D eigenvalue weighted by atomic mass is 32.1. The summed E-state index contributed by atoms with van der Waals surface area (Å²) in [7, 11) is 0. The van der Waals surface area contributed by atoms with Crippen LogP contribution in [-0.2, 0) is 17.6 Å². The molecule has 1 N–H and O–H groups in total. The molecule has 8 heteroatoms. The van der Waals surface area contributed by atoms with Crippen molar-refractivity contribution < 1.29 is 4.79 Å². The predicted octanol–water partition coefficient (Wildman–Crippen LogP) is 2.04. The average Bonchev–Trinajstić information content (AvgIpc) is 3.33. The molecule has 0 aliphatic carbocycles. The molecule has 0 aromatic carbocycles. The highest BCUT2D eigenvalue weighted by molar-refractivity contribution is 7.12. The number of hydrogen-bond acceptors (Lipinski definition) is 5. The molecule has 27 heavy (non-hydrogen) atoms. The van der Waals surface area contributed by atoms with Crippen molar-refractivity contribution in [2.75, 3.05) is 13.1 Å². The number of nitrogens with zero attached hydrogens (tertiary/aromatic N) is 4. The summed E-state index contributed by atoms with van der Waals surface area (Å²) >= 11 is 1.52. The zero-order chi connectivity index (χ0) is 18.6. The minimum atomic E-state index is -0.198. The maximum absolute atomic E-state index is 12.5. The molecule has 4 heterocycles. The second-order valence-electron chi connectivity index (χ2n) is 6.80. The summed E-state index contributed by atoms with van der Waals surface area (Å²) in [5.41, 5.74) is 0.748. The van der Waals surface area contributed by atoms with Gasteiger partial charge in [0.2, 0.25) is 5.91 Å². The van der Waals surface area contributed by atoms with Crippen LogP contribution in [0.2, 0.25) is 0 Å². The molecule has 0 atom stereocenters. The second kappa shape index (κ2) is 7.87. The van der Waals surface area contributed by atoms with Gasteiger partial charge in [-0.2, -0.15) is 5.10 Å². The van der Waals surface area contributed by atoms with Gasteiger partial charge in [0.25, 0.3) is 0 Å². The van der Waals surface area contributed by atoms with E-state index in [0.717, 1.165) is 48.7 Å². The number of nitrogens with one attached hydrogen (secondary N) is 1. The highest BCUT2D eigenvalue weighted by Crippen LogP contribution is 2.23. The van der Waals surface area contributed by atoms with Gasteiger partial charge in [0.15, 0.2) is 0 Å². The van der Waals surface area contributed by atoms with Gasteiger partial charge < -0.3 is 4.90 Å². The first-order valence-corrected chi connectivity index (χ1v) is 9.95. The molecule has 0 radical (unpaired) electrons. The Labute approximate surface area is 160 Å². The van der Waals surface area contributed by atoms with Crippen molar-refractivity contribution in [3.05, 3.63) is 63.9 Å². The van der Waals surface area contributed by atoms with Gasteiger partial charge in [-0.25, -0.2) is 14.5 Å². The Morgan fingerprint density at radius 2 is 2.11 bits per heavy atom. The smallest absolute Gasteiger partial charge is 0.342 e. The molecular weight excluding hydrogens is 362 g/mol. The lowest BCUT2D eigenvalue weighted by Gasteiger charge is -2.32. The molecule has 0 saturated carbocycles. The van der Waals surface area contributed by atoms with Gasteiger partial charge >= 0.3 is 5.69 Å². The first-order chi connectivity index (χ1) is 13.2. The number of thiophene rings is 1. The lowest BCUT2D eigenvalue weighted by Crippen LogP contribution is -2.39. The van der Waals surface area contributed by atoms with Crippen LogP contribution in [0.25, 0.3) is 5.00 Å². The maximum atomic E-state index is 12.5. The van der Waals surface area contributed by atoms with Crippen molar-refractivity contribution in [1.82, 2.24) is 24.6 Å².